The fraction of sp³-hybridized carbons (Fsp3) is 0.556. The Hall–Kier alpha value is -3.64. The maximum atomic E-state index is 12.8. The first kappa shape index (κ1) is 26.9. The minimum absolute atomic E-state index is 0.0396. The van der Waals surface area contributed by atoms with E-state index in [1.807, 2.05) is 12.1 Å². The molecule has 0 saturated heterocycles. The number of aliphatic carboxylic acids is 2. The maximum Gasteiger partial charge on any atom is 0.345 e. The molecule has 210 valence electrons. The second-order valence-electron chi connectivity index (χ2n) is 10.7. The van der Waals surface area contributed by atoms with E-state index in [2.05, 4.69) is 11.7 Å². The molecule has 1 fully saturated rings. The number of hydrogen-bond acceptors (Lipinski definition) is 10. The molecular formula is C27H30O12. The number of benzene rings is 1. The lowest BCUT2D eigenvalue weighted by Gasteiger charge is -2.61. The minimum atomic E-state index is -2.09. The Morgan fingerprint density at radius 1 is 1.18 bits per heavy atom. The van der Waals surface area contributed by atoms with Gasteiger partial charge >= 0.3 is 23.9 Å². The van der Waals surface area contributed by atoms with Gasteiger partial charge in [-0.2, -0.15) is 0 Å². The lowest BCUT2D eigenvalue weighted by Crippen LogP contribution is -2.69. The molecule has 1 heterocycles. The normalized spacial score (nSPS) is 31.1. The van der Waals surface area contributed by atoms with Gasteiger partial charge in [-0.05, 0) is 55.2 Å². The molecule has 1 spiro atoms. The average Bonchev–Trinajstić information content (AvgIpc) is 3.22. The smallest absolute Gasteiger partial charge is 0.345 e. The van der Waals surface area contributed by atoms with E-state index < -0.39 is 66.0 Å². The first-order chi connectivity index (χ1) is 18.4. The van der Waals surface area contributed by atoms with Crippen LogP contribution < -0.4 is 9.47 Å². The molecule has 1 aromatic rings. The van der Waals surface area contributed by atoms with Crippen molar-refractivity contribution in [1.82, 2.24) is 0 Å². The van der Waals surface area contributed by atoms with E-state index in [0.717, 1.165) is 17.5 Å². The summed E-state index contributed by atoms with van der Waals surface area (Å²) in [6, 6.07) is 3.80. The van der Waals surface area contributed by atoms with Gasteiger partial charge in [-0.15, -0.1) is 0 Å². The second-order valence-corrected chi connectivity index (χ2v) is 10.7. The van der Waals surface area contributed by atoms with Gasteiger partial charge in [0.15, 0.2) is 23.7 Å². The molecule has 2 bridgehead atoms. The van der Waals surface area contributed by atoms with Crippen molar-refractivity contribution in [2.45, 2.75) is 74.8 Å². The van der Waals surface area contributed by atoms with Crippen LogP contribution in [-0.4, -0.2) is 75.3 Å². The first-order valence-corrected chi connectivity index (χ1v) is 12.8. The number of carboxylic acids is 2. The van der Waals surface area contributed by atoms with Crippen molar-refractivity contribution in [2.24, 2.45) is 11.8 Å². The lowest BCUT2D eigenvalue weighted by molar-refractivity contribution is -0.176. The lowest BCUT2D eigenvalue weighted by atomic mass is 9.45. The van der Waals surface area contributed by atoms with Crippen molar-refractivity contribution in [3.05, 3.63) is 35.1 Å². The maximum absolute atomic E-state index is 12.8. The van der Waals surface area contributed by atoms with Crippen molar-refractivity contribution in [3.8, 4) is 11.5 Å². The number of rotatable bonds is 9. The van der Waals surface area contributed by atoms with E-state index in [0.29, 0.717) is 24.3 Å². The molecule has 12 heteroatoms. The van der Waals surface area contributed by atoms with E-state index in [1.54, 1.807) is 6.08 Å². The van der Waals surface area contributed by atoms with Crippen LogP contribution >= 0.6 is 0 Å². The van der Waals surface area contributed by atoms with Crippen LogP contribution in [-0.2, 0) is 40.5 Å². The quantitative estimate of drug-likeness (QED) is 0.323. The molecule has 12 nitrogen and oxygen atoms in total. The van der Waals surface area contributed by atoms with Crippen LogP contribution in [0.4, 0.5) is 0 Å². The Morgan fingerprint density at radius 2 is 1.92 bits per heavy atom. The summed E-state index contributed by atoms with van der Waals surface area (Å²) in [7, 11) is 1.52. The monoisotopic (exact) mass is 546 g/mol. The predicted octanol–water partition coefficient (Wildman–Crippen LogP) is 1.08. The van der Waals surface area contributed by atoms with Gasteiger partial charge in [0.05, 0.1) is 31.0 Å². The standard InChI is InChI=1S/C27H30O12/c1-12-5-7-26-21-13-3-4-16(36-2)22(21)39-23(26)17(6-8-27(26,35)14(12)9-13)37-20(31)10-15(28)25(34)38-18(24(32)33)11-19(29)30/h3-4,6,12,14-15,18,23,28,35H,5,7-11H2,1-2H3,(H,29,30)(H,32,33)/t12?,14-,15-,18-,23-,26-,27+/m0/s1. The number of hydrogen-bond donors (Lipinski definition) is 4. The molecule has 3 aliphatic carbocycles. The zero-order chi connectivity index (χ0) is 28.3. The number of carbonyl (C=O) groups is 4. The zero-order valence-electron chi connectivity index (χ0n) is 21.4. The van der Waals surface area contributed by atoms with Gasteiger partial charge in [-0.1, -0.05) is 13.0 Å². The third-order valence-corrected chi connectivity index (χ3v) is 8.69. The highest BCUT2D eigenvalue weighted by Gasteiger charge is 2.72. The molecule has 0 amide bonds. The fourth-order valence-electron chi connectivity index (χ4n) is 6.94. The molecule has 1 aromatic carbocycles. The van der Waals surface area contributed by atoms with Gasteiger partial charge in [-0.3, -0.25) is 9.59 Å². The summed E-state index contributed by atoms with van der Waals surface area (Å²) in [5.74, 6) is -4.36. The number of esters is 2. The van der Waals surface area contributed by atoms with Gasteiger partial charge < -0.3 is 39.4 Å². The summed E-state index contributed by atoms with van der Waals surface area (Å²) in [6.45, 7) is 2.13. The molecule has 0 radical (unpaired) electrons. The largest absolute Gasteiger partial charge is 0.493 e. The molecule has 7 atom stereocenters. The van der Waals surface area contributed by atoms with Crippen molar-refractivity contribution >= 4 is 23.9 Å². The molecule has 0 aromatic heterocycles. The highest BCUT2D eigenvalue weighted by molar-refractivity contribution is 5.86. The molecule has 4 aliphatic rings. The summed E-state index contributed by atoms with van der Waals surface area (Å²) in [4.78, 5) is 46.9. The van der Waals surface area contributed by atoms with Crippen molar-refractivity contribution in [1.29, 1.82) is 0 Å². The van der Waals surface area contributed by atoms with Crippen LogP contribution in [0.3, 0.4) is 0 Å². The van der Waals surface area contributed by atoms with Gasteiger partial charge in [-0.25, -0.2) is 9.59 Å². The Labute approximate surface area is 223 Å². The predicted molar refractivity (Wildman–Crippen MR) is 129 cm³/mol. The van der Waals surface area contributed by atoms with Crippen LogP contribution in [0.2, 0.25) is 0 Å². The second kappa shape index (κ2) is 9.53. The van der Waals surface area contributed by atoms with Crippen LogP contribution in [0.5, 0.6) is 11.5 Å². The van der Waals surface area contributed by atoms with Crippen LogP contribution in [0.15, 0.2) is 24.0 Å². The summed E-state index contributed by atoms with van der Waals surface area (Å²) in [5, 5.41) is 40.2. The topological polar surface area (TPSA) is 186 Å². The molecule has 39 heavy (non-hydrogen) atoms. The molecule has 5 rings (SSSR count). The zero-order valence-corrected chi connectivity index (χ0v) is 21.4. The molecular weight excluding hydrogens is 516 g/mol. The van der Waals surface area contributed by atoms with Gasteiger partial charge in [0.1, 0.15) is 5.76 Å². The number of methoxy groups -OCH3 is 1. The SMILES string of the molecule is COc1ccc2c3c1O[C@H]1C(OC(=O)C[C@H](O)C(=O)O[C@@H](CC(=O)O)C(=O)O)=CC[C@@]4(O)[C@@H](C2)C(C)CC[C@]314. The third-order valence-electron chi connectivity index (χ3n) is 8.69. The summed E-state index contributed by atoms with van der Waals surface area (Å²) >= 11 is 0. The Bertz CT molecular complexity index is 1270. The van der Waals surface area contributed by atoms with Gasteiger partial charge in [0.25, 0.3) is 0 Å². The number of carboxylic acid groups (broad SMARTS) is 2. The van der Waals surface area contributed by atoms with E-state index in [-0.39, 0.29) is 24.0 Å². The Morgan fingerprint density at radius 3 is 2.59 bits per heavy atom. The van der Waals surface area contributed by atoms with Crippen molar-refractivity contribution < 1.29 is 58.6 Å². The minimum Gasteiger partial charge on any atom is -0.493 e. The van der Waals surface area contributed by atoms with Gasteiger partial charge in [0.2, 0.25) is 6.10 Å². The Kier molecular flexibility index (Phi) is 6.58. The highest BCUT2D eigenvalue weighted by atomic mass is 16.6. The van der Waals surface area contributed by atoms with Crippen LogP contribution in [0, 0.1) is 11.8 Å². The van der Waals surface area contributed by atoms with Crippen molar-refractivity contribution in [2.75, 3.05) is 7.11 Å². The first-order valence-electron chi connectivity index (χ1n) is 12.8. The molecule has 1 unspecified atom stereocenters. The highest BCUT2D eigenvalue weighted by Crippen LogP contribution is 2.68. The molecule has 1 aliphatic heterocycles. The summed E-state index contributed by atoms with van der Waals surface area (Å²) in [5.41, 5.74) is -0.111. The number of ether oxygens (including phenoxy) is 4. The molecule has 4 N–H and O–H groups in total. The third kappa shape index (κ3) is 4.04. The van der Waals surface area contributed by atoms with E-state index in [4.69, 9.17) is 24.4 Å². The number of aliphatic hydroxyl groups excluding tert-OH is 1. The summed E-state index contributed by atoms with van der Waals surface area (Å²) in [6.07, 6.45) is -2.94. The average molecular weight is 547 g/mol. The number of aliphatic hydroxyl groups is 2. The number of carbonyl (C=O) groups excluding carboxylic acids is 2. The fourth-order valence-corrected chi connectivity index (χ4v) is 6.94. The summed E-state index contributed by atoms with van der Waals surface area (Å²) < 4.78 is 22.1. The van der Waals surface area contributed by atoms with Crippen LogP contribution in [0.25, 0.3) is 0 Å². The van der Waals surface area contributed by atoms with Crippen molar-refractivity contribution in [3.63, 3.8) is 0 Å². The molecule has 1 saturated carbocycles. The van der Waals surface area contributed by atoms with Gasteiger partial charge in [0, 0.05) is 5.56 Å². The van der Waals surface area contributed by atoms with E-state index in [9.17, 15) is 29.4 Å². The van der Waals surface area contributed by atoms with E-state index in [1.165, 1.54) is 7.11 Å². The van der Waals surface area contributed by atoms with Crippen LogP contribution in [0.1, 0.15) is 50.2 Å². The van der Waals surface area contributed by atoms with E-state index >= 15 is 0 Å². The Balaban J connectivity index is 1.38.